The minimum Gasteiger partial charge on any atom is -0.478 e. The molecular formula is C12H19N3O2. The van der Waals surface area contributed by atoms with Crippen LogP contribution in [0.15, 0.2) is 12.3 Å². The molecule has 1 saturated heterocycles. The molecule has 2 heterocycles. The van der Waals surface area contributed by atoms with Gasteiger partial charge in [-0.05, 0) is 25.7 Å². The van der Waals surface area contributed by atoms with Gasteiger partial charge < -0.3 is 14.8 Å². The molecule has 1 aromatic rings. The first-order valence-corrected chi connectivity index (χ1v) is 6.16. The second-order valence-electron chi connectivity index (χ2n) is 4.10. The molecule has 0 radical (unpaired) electrons. The summed E-state index contributed by atoms with van der Waals surface area (Å²) in [7, 11) is 0. The van der Waals surface area contributed by atoms with E-state index >= 15 is 0 Å². The summed E-state index contributed by atoms with van der Waals surface area (Å²) < 4.78 is 10.6. The van der Waals surface area contributed by atoms with E-state index in [2.05, 4.69) is 15.3 Å². The van der Waals surface area contributed by atoms with Crippen molar-refractivity contribution in [2.45, 2.75) is 19.8 Å². The molecule has 0 amide bonds. The molecule has 0 aliphatic carbocycles. The molecule has 1 aliphatic heterocycles. The summed E-state index contributed by atoms with van der Waals surface area (Å²) in [4.78, 5) is 8.40. The van der Waals surface area contributed by atoms with Crippen LogP contribution in [0.2, 0.25) is 0 Å². The maximum absolute atomic E-state index is 5.33. The van der Waals surface area contributed by atoms with E-state index in [4.69, 9.17) is 9.47 Å². The molecule has 94 valence electrons. The zero-order valence-corrected chi connectivity index (χ0v) is 10.2. The molecule has 1 fully saturated rings. The molecule has 5 heteroatoms. The standard InChI is InChI=1S/C12H19N3O2/c1-2-17-11-4-7-14-12(15-11)13-6-3-10-5-8-16-9-10/h4,7,10H,2-3,5-6,8-9H2,1H3,(H,13,14,15). The molecule has 1 unspecified atom stereocenters. The molecule has 5 nitrogen and oxygen atoms in total. The van der Waals surface area contributed by atoms with Crippen LogP contribution in [0, 0.1) is 5.92 Å². The number of ether oxygens (including phenoxy) is 2. The predicted octanol–water partition coefficient (Wildman–Crippen LogP) is 1.71. The number of nitrogens with one attached hydrogen (secondary N) is 1. The number of hydrogen-bond acceptors (Lipinski definition) is 5. The molecule has 2 rings (SSSR count). The van der Waals surface area contributed by atoms with Crippen LogP contribution in [-0.4, -0.2) is 36.3 Å². The number of aromatic nitrogens is 2. The van der Waals surface area contributed by atoms with E-state index < -0.39 is 0 Å². The lowest BCUT2D eigenvalue weighted by atomic mass is 10.1. The molecule has 1 aliphatic rings. The van der Waals surface area contributed by atoms with Crippen LogP contribution in [0.25, 0.3) is 0 Å². The Morgan fingerprint density at radius 3 is 3.29 bits per heavy atom. The van der Waals surface area contributed by atoms with Crippen molar-refractivity contribution in [2.75, 3.05) is 31.7 Å². The molecule has 17 heavy (non-hydrogen) atoms. The topological polar surface area (TPSA) is 56.3 Å². The Labute approximate surface area is 102 Å². The predicted molar refractivity (Wildman–Crippen MR) is 65.2 cm³/mol. The molecule has 0 aromatic carbocycles. The lowest BCUT2D eigenvalue weighted by Crippen LogP contribution is -2.11. The van der Waals surface area contributed by atoms with Crippen LogP contribution in [-0.2, 0) is 4.74 Å². The van der Waals surface area contributed by atoms with Crippen LogP contribution in [0.3, 0.4) is 0 Å². The Morgan fingerprint density at radius 2 is 2.53 bits per heavy atom. The van der Waals surface area contributed by atoms with Crippen LogP contribution < -0.4 is 10.1 Å². The van der Waals surface area contributed by atoms with E-state index in [1.54, 1.807) is 12.3 Å². The fourth-order valence-electron chi connectivity index (χ4n) is 1.85. The first-order valence-electron chi connectivity index (χ1n) is 6.16. The zero-order valence-electron chi connectivity index (χ0n) is 10.2. The number of hydrogen-bond donors (Lipinski definition) is 1. The van der Waals surface area contributed by atoms with Crippen LogP contribution in [0.5, 0.6) is 5.88 Å². The van der Waals surface area contributed by atoms with E-state index in [9.17, 15) is 0 Å². The number of rotatable bonds is 6. The molecule has 1 N–H and O–H groups in total. The highest BCUT2D eigenvalue weighted by Gasteiger charge is 2.14. The van der Waals surface area contributed by atoms with Crippen LogP contribution in [0.4, 0.5) is 5.95 Å². The Hall–Kier alpha value is -1.36. The monoisotopic (exact) mass is 237 g/mol. The average Bonchev–Trinajstić information content (AvgIpc) is 2.83. The SMILES string of the molecule is CCOc1ccnc(NCCC2CCOC2)n1. The van der Waals surface area contributed by atoms with Gasteiger partial charge in [-0.3, -0.25) is 0 Å². The minimum absolute atomic E-state index is 0.620. The third kappa shape index (κ3) is 3.85. The molecule has 1 aromatic heterocycles. The maximum atomic E-state index is 5.33. The highest BCUT2D eigenvalue weighted by molar-refractivity contribution is 5.27. The third-order valence-corrected chi connectivity index (χ3v) is 2.78. The van der Waals surface area contributed by atoms with Gasteiger partial charge in [-0.2, -0.15) is 4.98 Å². The lowest BCUT2D eigenvalue weighted by molar-refractivity contribution is 0.185. The van der Waals surface area contributed by atoms with Crippen molar-refractivity contribution < 1.29 is 9.47 Å². The average molecular weight is 237 g/mol. The van der Waals surface area contributed by atoms with E-state index in [0.29, 0.717) is 24.4 Å². The van der Waals surface area contributed by atoms with Crippen LogP contribution >= 0.6 is 0 Å². The van der Waals surface area contributed by atoms with Crippen molar-refractivity contribution in [3.05, 3.63) is 12.3 Å². The van der Waals surface area contributed by atoms with Gasteiger partial charge in [0, 0.05) is 32.0 Å². The summed E-state index contributed by atoms with van der Waals surface area (Å²) >= 11 is 0. The van der Waals surface area contributed by atoms with Crippen molar-refractivity contribution in [1.29, 1.82) is 0 Å². The van der Waals surface area contributed by atoms with Gasteiger partial charge in [0.2, 0.25) is 11.8 Å². The smallest absolute Gasteiger partial charge is 0.225 e. The van der Waals surface area contributed by atoms with Crippen molar-refractivity contribution in [1.82, 2.24) is 9.97 Å². The van der Waals surface area contributed by atoms with Crippen molar-refractivity contribution in [2.24, 2.45) is 5.92 Å². The van der Waals surface area contributed by atoms with Crippen molar-refractivity contribution >= 4 is 5.95 Å². The summed E-state index contributed by atoms with van der Waals surface area (Å²) in [5.74, 6) is 1.93. The van der Waals surface area contributed by atoms with E-state index in [1.807, 2.05) is 6.92 Å². The molecule has 0 bridgehead atoms. The van der Waals surface area contributed by atoms with Crippen molar-refractivity contribution in [3.63, 3.8) is 0 Å². The second kappa shape index (κ2) is 6.39. The first-order chi connectivity index (χ1) is 8.38. The number of anilines is 1. The van der Waals surface area contributed by atoms with Crippen molar-refractivity contribution in [3.8, 4) is 5.88 Å². The summed E-state index contributed by atoms with van der Waals surface area (Å²) in [6, 6.07) is 1.76. The third-order valence-electron chi connectivity index (χ3n) is 2.78. The van der Waals surface area contributed by atoms with E-state index in [0.717, 1.165) is 26.2 Å². The zero-order chi connectivity index (χ0) is 11.9. The van der Waals surface area contributed by atoms with Gasteiger partial charge in [0.25, 0.3) is 0 Å². The lowest BCUT2D eigenvalue weighted by Gasteiger charge is -2.09. The van der Waals surface area contributed by atoms with Gasteiger partial charge in [-0.1, -0.05) is 0 Å². The van der Waals surface area contributed by atoms with Crippen LogP contribution in [0.1, 0.15) is 19.8 Å². The van der Waals surface area contributed by atoms with Gasteiger partial charge in [0.1, 0.15) is 0 Å². The summed E-state index contributed by atoms with van der Waals surface area (Å²) in [6.07, 6.45) is 3.97. The van der Waals surface area contributed by atoms with Gasteiger partial charge in [0.15, 0.2) is 0 Å². The molecule has 1 atom stereocenters. The van der Waals surface area contributed by atoms with Gasteiger partial charge in [-0.25, -0.2) is 4.98 Å². The fraction of sp³-hybridized carbons (Fsp3) is 0.667. The molecule has 0 saturated carbocycles. The number of nitrogens with zero attached hydrogens (tertiary/aromatic N) is 2. The molecule has 0 spiro atoms. The van der Waals surface area contributed by atoms with Gasteiger partial charge in [0.05, 0.1) is 6.61 Å². The quantitative estimate of drug-likeness (QED) is 0.816. The highest BCUT2D eigenvalue weighted by atomic mass is 16.5. The van der Waals surface area contributed by atoms with Gasteiger partial charge >= 0.3 is 0 Å². The molecular weight excluding hydrogens is 218 g/mol. The fourth-order valence-corrected chi connectivity index (χ4v) is 1.85. The normalized spacial score (nSPS) is 19.2. The Bertz CT molecular complexity index is 340. The first kappa shape index (κ1) is 12.1. The summed E-state index contributed by atoms with van der Waals surface area (Å²) in [5.41, 5.74) is 0. The minimum atomic E-state index is 0.620. The maximum Gasteiger partial charge on any atom is 0.225 e. The van der Waals surface area contributed by atoms with Gasteiger partial charge in [-0.15, -0.1) is 0 Å². The Morgan fingerprint density at radius 1 is 1.59 bits per heavy atom. The highest BCUT2D eigenvalue weighted by Crippen LogP contribution is 2.16. The second-order valence-corrected chi connectivity index (χ2v) is 4.10. The Balaban J connectivity index is 1.75. The summed E-state index contributed by atoms with van der Waals surface area (Å²) in [5, 5.41) is 3.21. The van der Waals surface area contributed by atoms with E-state index in [1.165, 1.54) is 6.42 Å². The summed E-state index contributed by atoms with van der Waals surface area (Å²) in [6.45, 7) is 5.23. The largest absolute Gasteiger partial charge is 0.478 e. The Kier molecular flexibility index (Phi) is 4.55. The van der Waals surface area contributed by atoms with E-state index in [-0.39, 0.29) is 0 Å².